The SMILES string of the molecule is Cn1cc(-c2cccnc2)nc1CCc1nc(N2CCNC(=O)C2)c2ccccc2n1. The molecule has 0 saturated carbocycles. The van der Waals surface area contributed by atoms with E-state index < -0.39 is 0 Å². The molecule has 1 fully saturated rings. The average Bonchev–Trinajstić information content (AvgIpc) is 3.18. The van der Waals surface area contributed by atoms with E-state index in [0.717, 1.165) is 52.6 Å². The lowest BCUT2D eigenvalue weighted by Crippen LogP contribution is -2.48. The number of aromatic nitrogens is 5. The molecule has 1 aliphatic heterocycles. The van der Waals surface area contributed by atoms with Gasteiger partial charge in [0.25, 0.3) is 0 Å². The second-order valence-electron chi connectivity index (χ2n) is 7.65. The summed E-state index contributed by atoms with van der Waals surface area (Å²) in [5.41, 5.74) is 2.80. The number of nitrogens with one attached hydrogen (secondary N) is 1. The third kappa shape index (κ3) is 3.96. The summed E-state index contributed by atoms with van der Waals surface area (Å²) >= 11 is 0. The van der Waals surface area contributed by atoms with Crippen LogP contribution in [0, 0.1) is 0 Å². The molecule has 1 N–H and O–H groups in total. The molecule has 1 amide bonds. The molecule has 4 aromatic rings. The molecule has 156 valence electrons. The van der Waals surface area contributed by atoms with E-state index in [1.54, 1.807) is 6.20 Å². The van der Waals surface area contributed by atoms with E-state index in [1.807, 2.05) is 65.3 Å². The highest BCUT2D eigenvalue weighted by atomic mass is 16.2. The standard InChI is InChI=1S/C23H23N7O/c1-29-14-19(16-5-4-10-24-13-16)27-21(29)9-8-20-26-18-7-3-2-6-17(18)23(28-20)30-12-11-25-22(31)15-30/h2-7,10,13-14H,8-9,11-12,15H2,1H3,(H,25,31). The number of amides is 1. The fraction of sp³-hybridized carbons (Fsp3) is 0.261. The van der Waals surface area contributed by atoms with Gasteiger partial charge in [-0.15, -0.1) is 0 Å². The first-order valence-electron chi connectivity index (χ1n) is 10.4. The number of anilines is 1. The topological polar surface area (TPSA) is 88.8 Å². The minimum absolute atomic E-state index is 0.0198. The van der Waals surface area contributed by atoms with Crippen molar-refractivity contribution in [2.75, 3.05) is 24.5 Å². The summed E-state index contributed by atoms with van der Waals surface area (Å²) < 4.78 is 2.04. The largest absolute Gasteiger partial charge is 0.353 e. The van der Waals surface area contributed by atoms with Crippen molar-refractivity contribution in [3.63, 3.8) is 0 Å². The number of para-hydroxylation sites is 1. The molecule has 1 aliphatic rings. The van der Waals surface area contributed by atoms with Gasteiger partial charge in [-0.1, -0.05) is 12.1 Å². The smallest absolute Gasteiger partial charge is 0.239 e. The zero-order valence-corrected chi connectivity index (χ0v) is 17.3. The summed E-state index contributed by atoms with van der Waals surface area (Å²) in [6, 6.07) is 11.9. The monoisotopic (exact) mass is 413 g/mol. The van der Waals surface area contributed by atoms with Crippen LogP contribution >= 0.6 is 0 Å². The van der Waals surface area contributed by atoms with Crippen LogP contribution in [0.3, 0.4) is 0 Å². The Balaban J connectivity index is 1.42. The first-order valence-corrected chi connectivity index (χ1v) is 10.4. The maximum absolute atomic E-state index is 11.9. The molecular weight excluding hydrogens is 390 g/mol. The molecule has 5 rings (SSSR count). The second-order valence-corrected chi connectivity index (χ2v) is 7.65. The molecule has 0 atom stereocenters. The van der Waals surface area contributed by atoms with Crippen LogP contribution in [0.25, 0.3) is 22.2 Å². The molecule has 0 spiro atoms. The van der Waals surface area contributed by atoms with Crippen molar-refractivity contribution in [1.29, 1.82) is 0 Å². The highest BCUT2D eigenvalue weighted by molar-refractivity contribution is 5.92. The van der Waals surface area contributed by atoms with Gasteiger partial charge in [0.05, 0.1) is 17.8 Å². The van der Waals surface area contributed by atoms with E-state index in [1.165, 1.54) is 0 Å². The minimum Gasteiger partial charge on any atom is -0.353 e. The predicted molar refractivity (Wildman–Crippen MR) is 119 cm³/mol. The molecule has 0 aliphatic carbocycles. The zero-order valence-electron chi connectivity index (χ0n) is 17.3. The van der Waals surface area contributed by atoms with Crippen LogP contribution in [0.5, 0.6) is 0 Å². The van der Waals surface area contributed by atoms with E-state index in [2.05, 4.69) is 10.3 Å². The molecule has 8 nitrogen and oxygen atoms in total. The number of carbonyl (C=O) groups excluding carboxylic acids is 1. The van der Waals surface area contributed by atoms with Gasteiger partial charge in [0.1, 0.15) is 17.5 Å². The van der Waals surface area contributed by atoms with Gasteiger partial charge in [-0.2, -0.15) is 0 Å². The second kappa shape index (κ2) is 8.14. The molecular formula is C23H23N7O. The number of benzene rings is 1. The van der Waals surface area contributed by atoms with Crippen LogP contribution in [0.1, 0.15) is 11.6 Å². The lowest BCUT2D eigenvalue weighted by atomic mass is 10.2. The van der Waals surface area contributed by atoms with Crippen LogP contribution in [-0.4, -0.2) is 50.0 Å². The maximum atomic E-state index is 11.9. The number of carbonyl (C=O) groups is 1. The van der Waals surface area contributed by atoms with Gasteiger partial charge in [0.15, 0.2) is 0 Å². The van der Waals surface area contributed by atoms with Crippen molar-refractivity contribution in [3.8, 4) is 11.3 Å². The molecule has 1 aromatic carbocycles. The van der Waals surface area contributed by atoms with Crippen molar-refractivity contribution < 1.29 is 4.79 Å². The molecule has 3 aromatic heterocycles. The summed E-state index contributed by atoms with van der Waals surface area (Å²) in [5.74, 6) is 2.57. The van der Waals surface area contributed by atoms with Gasteiger partial charge in [0.2, 0.25) is 5.91 Å². The number of pyridine rings is 1. The zero-order chi connectivity index (χ0) is 21.2. The molecule has 1 saturated heterocycles. The molecule has 0 bridgehead atoms. The quantitative estimate of drug-likeness (QED) is 0.539. The third-order valence-electron chi connectivity index (χ3n) is 5.47. The fourth-order valence-electron chi connectivity index (χ4n) is 3.89. The maximum Gasteiger partial charge on any atom is 0.239 e. The molecule has 4 heterocycles. The number of hydrogen-bond acceptors (Lipinski definition) is 6. The van der Waals surface area contributed by atoms with Crippen LogP contribution < -0.4 is 10.2 Å². The Morgan fingerprint density at radius 3 is 2.81 bits per heavy atom. The lowest BCUT2D eigenvalue weighted by molar-refractivity contribution is -0.120. The van der Waals surface area contributed by atoms with Crippen molar-refractivity contribution in [2.24, 2.45) is 7.05 Å². The van der Waals surface area contributed by atoms with Crippen LogP contribution in [0.15, 0.2) is 55.0 Å². The van der Waals surface area contributed by atoms with Gasteiger partial charge in [0, 0.05) is 62.5 Å². The van der Waals surface area contributed by atoms with Gasteiger partial charge in [-0.25, -0.2) is 15.0 Å². The summed E-state index contributed by atoms with van der Waals surface area (Å²) in [6.07, 6.45) is 6.98. The normalized spacial score (nSPS) is 14.1. The highest BCUT2D eigenvalue weighted by Crippen LogP contribution is 2.25. The van der Waals surface area contributed by atoms with Gasteiger partial charge in [-0.05, 0) is 24.3 Å². The lowest BCUT2D eigenvalue weighted by Gasteiger charge is -2.28. The summed E-state index contributed by atoms with van der Waals surface area (Å²) in [5, 5.41) is 3.84. The summed E-state index contributed by atoms with van der Waals surface area (Å²) in [4.78, 5) is 32.6. The number of hydrogen-bond donors (Lipinski definition) is 1. The number of imidazole rings is 1. The van der Waals surface area contributed by atoms with Crippen LogP contribution in [0.2, 0.25) is 0 Å². The Hall–Kier alpha value is -3.81. The van der Waals surface area contributed by atoms with E-state index >= 15 is 0 Å². The van der Waals surface area contributed by atoms with Crippen molar-refractivity contribution >= 4 is 22.6 Å². The Morgan fingerprint density at radius 2 is 1.97 bits per heavy atom. The Labute approximate surface area is 180 Å². The Kier molecular flexibility index (Phi) is 5.03. The van der Waals surface area contributed by atoms with Gasteiger partial charge >= 0.3 is 0 Å². The molecule has 0 unspecified atom stereocenters. The van der Waals surface area contributed by atoms with Crippen LogP contribution in [0.4, 0.5) is 5.82 Å². The van der Waals surface area contributed by atoms with Crippen LogP contribution in [-0.2, 0) is 24.7 Å². The number of rotatable bonds is 5. The van der Waals surface area contributed by atoms with Crippen molar-refractivity contribution in [3.05, 3.63) is 66.6 Å². The van der Waals surface area contributed by atoms with E-state index in [0.29, 0.717) is 19.5 Å². The highest BCUT2D eigenvalue weighted by Gasteiger charge is 2.21. The van der Waals surface area contributed by atoms with E-state index in [9.17, 15) is 4.79 Å². The molecule has 0 radical (unpaired) electrons. The Bertz CT molecular complexity index is 1240. The number of nitrogens with zero attached hydrogens (tertiary/aromatic N) is 6. The summed E-state index contributed by atoms with van der Waals surface area (Å²) in [7, 11) is 2.00. The first-order chi connectivity index (χ1) is 15.2. The average molecular weight is 413 g/mol. The Morgan fingerprint density at radius 1 is 1.06 bits per heavy atom. The third-order valence-corrected chi connectivity index (χ3v) is 5.47. The van der Waals surface area contributed by atoms with Crippen molar-refractivity contribution in [2.45, 2.75) is 12.8 Å². The fourth-order valence-corrected chi connectivity index (χ4v) is 3.89. The number of fused-ring (bicyclic) bond motifs is 1. The van der Waals surface area contributed by atoms with Gasteiger partial charge in [-0.3, -0.25) is 9.78 Å². The van der Waals surface area contributed by atoms with E-state index in [4.69, 9.17) is 15.0 Å². The minimum atomic E-state index is 0.0198. The summed E-state index contributed by atoms with van der Waals surface area (Å²) in [6.45, 7) is 1.67. The van der Waals surface area contributed by atoms with E-state index in [-0.39, 0.29) is 5.91 Å². The number of aryl methyl sites for hydroxylation is 3. The van der Waals surface area contributed by atoms with Crippen molar-refractivity contribution in [1.82, 2.24) is 29.8 Å². The molecule has 8 heteroatoms. The first kappa shape index (κ1) is 19.2. The number of piperazine rings is 1. The van der Waals surface area contributed by atoms with Gasteiger partial charge < -0.3 is 14.8 Å². The predicted octanol–water partition coefficient (Wildman–Crippen LogP) is 2.15. The molecule has 31 heavy (non-hydrogen) atoms.